The van der Waals surface area contributed by atoms with Crippen LogP contribution in [-0.2, 0) is 4.79 Å². The first-order chi connectivity index (χ1) is 13.1. The summed E-state index contributed by atoms with van der Waals surface area (Å²) in [4.78, 5) is 29.8. The van der Waals surface area contributed by atoms with Gasteiger partial charge in [0.2, 0.25) is 5.91 Å². The highest BCUT2D eigenvalue weighted by Crippen LogP contribution is 2.23. The normalized spacial score (nSPS) is 21.0. The molecule has 8 nitrogen and oxygen atoms in total. The minimum Gasteiger partial charge on any atom is -0.497 e. The number of benzene rings is 1. The van der Waals surface area contributed by atoms with Gasteiger partial charge in [0, 0.05) is 51.0 Å². The molecule has 3 rings (SSSR count). The lowest BCUT2D eigenvalue weighted by atomic mass is 10.0. The molecular formula is C19H29N5O3. The number of carbonyl (C=O) groups is 2. The van der Waals surface area contributed by atoms with E-state index in [2.05, 4.69) is 27.2 Å². The van der Waals surface area contributed by atoms with E-state index in [0.29, 0.717) is 6.04 Å². The second-order valence-corrected chi connectivity index (χ2v) is 7.07. The zero-order valence-electron chi connectivity index (χ0n) is 15.9. The molecule has 2 saturated heterocycles. The van der Waals surface area contributed by atoms with E-state index >= 15 is 0 Å². The van der Waals surface area contributed by atoms with Gasteiger partial charge < -0.3 is 25.6 Å². The van der Waals surface area contributed by atoms with Gasteiger partial charge in [-0.3, -0.25) is 9.69 Å². The van der Waals surface area contributed by atoms with Gasteiger partial charge in [-0.15, -0.1) is 0 Å². The van der Waals surface area contributed by atoms with Gasteiger partial charge in [-0.25, -0.2) is 4.79 Å². The van der Waals surface area contributed by atoms with Crippen molar-refractivity contribution < 1.29 is 14.3 Å². The average Bonchev–Trinajstić information content (AvgIpc) is 2.72. The van der Waals surface area contributed by atoms with Gasteiger partial charge in [0.1, 0.15) is 5.75 Å². The number of carbonyl (C=O) groups excluding carboxylic acids is 2. The third-order valence-corrected chi connectivity index (χ3v) is 5.43. The fourth-order valence-corrected chi connectivity index (χ4v) is 3.89. The molecule has 0 radical (unpaired) electrons. The Morgan fingerprint density at radius 3 is 2.48 bits per heavy atom. The third kappa shape index (κ3) is 5.03. The number of urea groups is 1. The summed E-state index contributed by atoms with van der Waals surface area (Å²) in [5, 5.41) is 2.39. The second kappa shape index (κ2) is 8.94. The first kappa shape index (κ1) is 19.3. The van der Waals surface area contributed by atoms with Gasteiger partial charge in [0.15, 0.2) is 0 Å². The smallest absolute Gasteiger partial charge is 0.312 e. The van der Waals surface area contributed by atoms with E-state index in [1.165, 1.54) is 5.69 Å². The van der Waals surface area contributed by atoms with Gasteiger partial charge in [-0.05, 0) is 37.1 Å². The van der Waals surface area contributed by atoms with Crippen molar-refractivity contribution in [3.63, 3.8) is 0 Å². The molecule has 8 heteroatoms. The predicted octanol–water partition coefficient (Wildman–Crippen LogP) is 0.477. The van der Waals surface area contributed by atoms with Crippen molar-refractivity contribution in [2.24, 2.45) is 5.73 Å². The Morgan fingerprint density at radius 2 is 1.85 bits per heavy atom. The zero-order valence-corrected chi connectivity index (χ0v) is 15.9. The number of nitrogens with two attached hydrogens (primary N) is 1. The van der Waals surface area contributed by atoms with Crippen LogP contribution in [0.15, 0.2) is 24.3 Å². The molecule has 148 valence electrons. The predicted molar refractivity (Wildman–Crippen MR) is 104 cm³/mol. The Balaban J connectivity index is 1.49. The summed E-state index contributed by atoms with van der Waals surface area (Å²) in [7, 11) is 1.68. The molecule has 1 atom stereocenters. The molecule has 0 saturated carbocycles. The molecule has 0 spiro atoms. The fraction of sp³-hybridized carbons (Fsp3) is 0.579. The number of hydrogen-bond donors (Lipinski definition) is 2. The summed E-state index contributed by atoms with van der Waals surface area (Å²) in [5.74, 6) is 0.811. The van der Waals surface area contributed by atoms with Crippen molar-refractivity contribution in [2.75, 3.05) is 57.8 Å². The quantitative estimate of drug-likeness (QED) is 0.781. The van der Waals surface area contributed by atoms with E-state index in [0.717, 1.165) is 57.9 Å². The lowest BCUT2D eigenvalue weighted by molar-refractivity contribution is -0.132. The minimum atomic E-state index is -0.661. The van der Waals surface area contributed by atoms with Crippen LogP contribution in [0.4, 0.5) is 10.5 Å². The summed E-state index contributed by atoms with van der Waals surface area (Å²) >= 11 is 0. The minimum absolute atomic E-state index is 0.0205. The van der Waals surface area contributed by atoms with Crippen molar-refractivity contribution in [1.82, 2.24) is 15.1 Å². The fourth-order valence-electron chi connectivity index (χ4n) is 3.89. The third-order valence-electron chi connectivity index (χ3n) is 5.43. The summed E-state index contributed by atoms with van der Waals surface area (Å²) in [6.07, 6.45) is 2.10. The molecule has 2 fully saturated rings. The first-order valence-corrected chi connectivity index (χ1v) is 9.51. The van der Waals surface area contributed by atoms with Gasteiger partial charge in [0.05, 0.1) is 13.7 Å². The number of piperidine rings is 1. The summed E-state index contributed by atoms with van der Waals surface area (Å²) in [6, 6.07) is 7.90. The van der Waals surface area contributed by atoms with Crippen LogP contribution in [0, 0.1) is 0 Å². The zero-order chi connectivity index (χ0) is 19.2. The van der Waals surface area contributed by atoms with Crippen molar-refractivity contribution in [1.29, 1.82) is 0 Å². The maximum Gasteiger partial charge on any atom is 0.312 e. The lowest BCUT2D eigenvalue weighted by Crippen LogP contribution is -2.56. The molecule has 2 aliphatic heterocycles. The molecule has 0 bridgehead atoms. The number of likely N-dealkylation sites (tertiary alicyclic amines) is 1. The lowest BCUT2D eigenvalue weighted by Gasteiger charge is -2.44. The SMILES string of the molecule is COc1ccc(N2CCN([C@H]3CCCN(C(=O)CNC(N)=O)C3)CC2)cc1. The number of nitrogens with one attached hydrogen (secondary N) is 1. The number of methoxy groups -OCH3 is 1. The Bertz CT molecular complexity index is 643. The molecule has 3 amide bonds. The maximum absolute atomic E-state index is 12.2. The van der Waals surface area contributed by atoms with Crippen molar-refractivity contribution in [3.8, 4) is 5.75 Å². The summed E-state index contributed by atoms with van der Waals surface area (Å²) in [6.45, 7) is 5.37. The number of primary amides is 1. The van der Waals surface area contributed by atoms with Crippen LogP contribution in [-0.4, -0.2) is 80.7 Å². The van der Waals surface area contributed by atoms with Crippen molar-refractivity contribution in [3.05, 3.63) is 24.3 Å². The van der Waals surface area contributed by atoms with Gasteiger partial charge >= 0.3 is 6.03 Å². The van der Waals surface area contributed by atoms with Crippen LogP contribution >= 0.6 is 0 Å². The molecule has 1 aromatic carbocycles. The highest BCUT2D eigenvalue weighted by Gasteiger charge is 2.30. The van der Waals surface area contributed by atoms with E-state index in [1.807, 2.05) is 17.0 Å². The number of ether oxygens (including phenoxy) is 1. The maximum atomic E-state index is 12.2. The van der Waals surface area contributed by atoms with Crippen LogP contribution in [0.5, 0.6) is 5.75 Å². The van der Waals surface area contributed by atoms with Crippen molar-refractivity contribution in [2.45, 2.75) is 18.9 Å². The monoisotopic (exact) mass is 375 g/mol. The van der Waals surface area contributed by atoms with Gasteiger partial charge in [-0.2, -0.15) is 0 Å². The van der Waals surface area contributed by atoms with Crippen LogP contribution in [0.3, 0.4) is 0 Å². The molecule has 0 aliphatic carbocycles. The Morgan fingerprint density at radius 1 is 1.15 bits per heavy atom. The second-order valence-electron chi connectivity index (χ2n) is 7.07. The number of nitrogens with zero attached hydrogens (tertiary/aromatic N) is 3. The van der Waals surface area contributed by atoms with Gasteiger partial charge in [0.25, 0.3) is 0 Å². The number of hydrogen-bond acceptors (Lipinski definition) is 5. The van der Waals surface area contributed by atoms with E-state index in [9.17, 15) is 9.59 Å². The number of piperazine rings is 1. The van der Waals surface area contributed by atoms with Crippen LogP contribution in [0.1, 0.15) is 12.8 Å². The number of rotatable bonds is 5. The Hall–Kier alpha value is -2.48. The van der Waals surface area contributed by atoms with Gasteiger partial charge in [-0.1, -0.05) is 0 Å². The average molecular weight is 375 g/mol. The number of amides is 3. The van der Waals surface area contributed by atoms with E-state index in [-0.39, 0.29) is 12.5 Å². The molecule has 27 heavy (non-hydrogen) atoms. The summed E-state index contributed by atoms with van der Waals surface area (Å²) < 4.78 is 5.22. The van der Waals surface area contributed by atoms with Crippen LogP contribution in [0.25, 0.3) is 0 Å². The highest BCUT2D eigenvalue weighted by molar-refractivity contribution is 5.83. The molecular weight excluding hydrogens is 346 g/mol. The molecule has 0 unspecified atom stereocenters. The molecule has 3 N–H and O–H groups in total. The van der Waals surface area contributed by atoms with E-state index in [4.69, 9.17) is 10.5 Å². The number of anilines is 1. The molecule has 2 aliphatic rings. The Labute approximate surface area is 160 Å². The highest BCUT2D eigenvalue weighted by atomic mass is 16.5. The first-order valence-electron chi connectivity index (χ1n) is 9.51. The van der Waals surface area contributed by atoms with Crippen LogP contribution in [0.2, 0.25) is 0 Å². The van der Waals surface area contributed by atoms with Crippen molar-refractivity contribution >= 4 is 17.6 Å². The molecule has 0 aromatic heterocycles. The topological polar surface area (TPSA) is 91.1 Å². The standard InChI is InChI=1S/C19H29N5O3/c1-27-17-6-4-15(5-7-17)22-9-11-23(12-10-22)16-3-2-8-24(14-16)18(25)13-21-19(20)26/h4-7,16H,2-3,8-14H2,1H3,(H3,20,21,26)/t16-/m0/s1. The summed E-state index contributed by atoms with van der Waals surface area (Å²) in [5.41, 5.74) is 6.27. The van der Waals surface area contributed by atoms with E-state index < -0.39 is 6.03 Å². The molecule has 2 heterocycles. The largest absolute Gasteiger partial charge is 0.497 e. The van der Waals surface area contributed by atoms with Crippen LogP contribution < -0.4 is 20.7 Å². The Kier molecular flexibility index (Phi) is 6.39. The molecule has 1 aromatic rings. The van der Waals surface area contributed by atoms with E-state index in [1.54, 1.807) is 7.11 Å².